The summed E-state index contributed by atoms with van der Waals surface area (Å²) in [5.74, 6) is 0.712. The van der Waals surface area contributed by atoms with E-state index in [-0.39, 0.29) is 0 Å². The minimum absolute atomic E-state index is 0.712. The zero-order chi connectivity index (χ0) is 36.6. The molecule has 0 fully saturated rings. The lowest BCUT2D eigenvalue weighted by molar-refractivity contribution is 1.18. The molecule has 4 heteroatoms. The maximum absolute atomic E-state index is 5.06. The fourth-order valence-corrected chi connectivity index (χ4v) is 8.36. The largest absolute Gasteiger partial charge is 0.236 e. The first-order chi connectivity index (χ1) is 27.2. The molecule has 0 aliphatic carbocycles. The monoisotopic (exact) mass is 719 g/mol. The molecule has 10 aromatic rings. The minimum atomic E-state index is 0.712. The van der Waals surface area contributed by atoms with Crippen LogP contribution in [0.15, 0.2) is 200 Å². The molecule has 258 valence electrons. The van der Waals surface area contributed by atoms with Crippen LogP contribution in [0.5, 0.6) is 0 Å². The van der Waals surface area contributed by atoms with E-state index in [0.717, 1.165) is 49.7 Å². The molecule has 0 unspecified atom stereocenters. The van der Waals surface area contributed by atoms with Gasteiger partial charge in [-0.1, -0.05) is 182 Å². The highest BCUT2D eigenvalue weighted by atomic mass is 32.1. The van der Waals surface area contributed by atoms with E-state index in [1.54, 1.807) is 11.3 Å². The number of aromatic nitrogens is 3. The van der Waals surface area contributed by atoms with Crippen LogP contribution in [-0.4, -0.2) is 15.0 Å². The highest BCUT2D eigenvalue weighted by molar-refractivity contribution is 7.21. The summed E-state index contributed by atoms with van der Waals surface area (Å²) in [5.41, 5.74) is 14.2. The van der Waals surface area contributed by atoms with Crippen LogP contribution in [-0.2, 0) is 0 Å². The summed E-state index contributed by atoms with van der Waals surface area (Å²) in [7, 11) is 0. The SMILES string of the molecule is c1ccc(-c2ccc(-c3nc4ccc(-c5c(-c6ccc(-c7cc(-c8ccccc8)nc(-c8ccccc8)n7)cc6)ccc6ccccc56)cc4s3)cc2)cc1. The normalized spacial score (nSPS) is 11.3. The standard InChI is InChI=1S/C51H33N3S/c1-4-12-34(13-5-1)35-20-26-41(27-21-35)51-54-45-31-29-42(32-48(45)55-51)49-43-19-11-10-14-36(43)28-30-44(49)37-22-24-39(25-23-37)47-33-46(38-15-6-2-7-16-38)52-50(53-47)40-17-8-3-9-18-40/h1-33H. The topological polar surface area (TPSA) is 38.7 Å². The quantitative estimate of drug-likeness (QED) is 0.165. The molecule has 10 rings (SSSR count). The number of nitrogens with zero attached hydrogens (tertiary/aromatic N) is 3. The van der Waals surface area contributed by atoms with Crippen LogP contribution < -0.4 is 0 Å². The van der Waals surface area contributed by atoms with E-state index in [0.29, 0.717) is 5.82 Å². The van der Waals surface area contributed by atoms with Crippen LogP contribution >= 0.6 is 11.3 Å². The first kappa shape index (κ1) is 32.6. The summed E-state index contributed by atoms with van der Waals surface area (Å²) < 4.78 is 1.17. The maximum Gasteiger partial charge on any atom is 0.160 e. The second-order valence-corrected chi connectivity index (χ2v) is 14.7. The minimum Gasteiger partial charge on any atom is -0.236 e. The van der Waals surface area contributed by atoms with E-state index in [1.165, 1.54) is 43.3 Å². The van der Waals surface area contributed by atoms with Crippen LogP contribution in [0.3, 0.4) is 0 Å². The van der Waals surface area contributed by atoms with Crippen LogP contribution in [0.1, 0.15) is 0 Å². The van der Waals surface area contributed by atoms with Gasteiger partial charge in [-0.25, -0.2) is 15.0 Å². The lowest BCUT2D eigenvalue weighted by Gasteiger charge is -2.15. The summed E-state index contributed by atoms with van der Waals surface area (Å²) in [5, 5.41) is 3.46. The van der Waals surface area contributed by atoms with Crippen molar-refractivity contribution in [3.63, 3.8) is 0 Å². The Morgan fingerprint density at radius 2 is 0.873 bits per heavy atom. The number of thiazole rings is 1. The Balaban J connectivity index is 1.03. The van der Waals surface area contributed by atoms with Gasteiger partial charge in [0.05, 0.1) is 21.6 Å². The van der Waals surface area contributed by atoms with E-state index < -0.39 is 0 Å². The molecule has 0 aliphatic heterocycles. The van der Waals surface area contributed by atoms with Crippen molar-refractivity contribution in [2.75, 3.05) is 0 Å². The summed E-state index contributed by atoms with van der Waals surface area (Å²) in [6.07, 6.45) is 0. The highest BCUT2D eigenvalue weighted by Gasteiger charge is 2.16. The van der Waals surface area contributed by atoms with Crippen molar-refractivity contribution < 1.29 is 0 Å². The van der Waals surface area contributed by atoms with Crippen LogP contribution in [0, 0.1) is 0 Å². The molecule has 2 heterocycles. The number of hydrogen-bond acceptors (Lipinski definition) is 4. The Bertz CT molecular complexity index is 2880. The molecule has 0 amide bonds. The van der Waals surface area contributed by atoms with Gasteiger partial charge in [0.25, 0.3) is 0 Å². The van der Waals surface area contributed by atoms with Gasteiger partial charge in [0.15, 0.2) is 5.82 Å². The van der Waals surface area contributed by atoms with Gasteiger partial charge in [-0.05, 0) is 62.4 Å². The maximum atomic E-state index is 5.06. The average molecular weight is 720 g/mol. The third kappa shape index (κ3) is 6.39. The Labute approximate surface area is 323 Å². The van der Waals surface area contributed by atoms with Crippen molar-refractivity contribution in [3.8, 4) is 77.9 Å². The summed E-state index contributed by atoms with van der Waals surface area (Å²) in [4.78, 5) is 15.1. The molecule has 0 N–H and O–H groups in total. The van der Waals surface area contributed by atoms with Crippen molar-refractivity contribution >= 4 is 32.3 Å². The number of hydrogen-bond donors (Lipinski definition) is 0. The molecule has 0 spiro atoms. The lowest BCUT2D eigenvalue weighted by atomic mass is 9.89. The van der Waals surface area contributed by atoms with Crippen molar-refractivity contribution in [1.29, 1.82) is 0 Å². The van der Waals surface area contributed by atoms with Gasteiger partial charge in [-0.3, -0.25) is 0 Å². The van der Waals surface area contributed by atoms with Gasteiger partial charge < -0.3 is 0 Å². The Hall–Kier alpha value is -7.01. The lowest BCUT2D eigenvalue weighted by Crippen LogP contribution is -1.96. The van der Waals surface area contributed by atoms with Crippen LogP contribution in [0.4, 0.5) is 0 Å². The molecule has 0 bridgehead atoms. The number of benzene rings is 8. The summed E-state index contributed by atoms with van der Waals surface area (Å²) in [6.45, 7) is 0. The van der Waals surface area contributed by atoms with Crippen molar-refractivity contribution in [1.82, 2.24) is 15.0 Å². The van der Waals surface area contributed by atoms with Gasteiger partial charge in [0.2, 0.25) is 0 Å². The highest BCUT2D eigenvalue weighted by Crippen LogP contribution is 2.41. The molecule has 0 saturated carbocycles. The predicted molar refractivity (Wildman–Crippen MR) is 231 cm³/mol. The third-order valence-electron chi connectivity index (χ3n) is 10.2. The van der Waals surface area contributed by atoms with Gasteiger partial charge in [-0.2, -0.15) is 0 Å². The van der Waals surface area contributed by atoms with Crippen molar-refractivity contribution in [3.05, 3.63) is 200 Å². The fraction of sp³-hybridized carbons (Fsp3) is 0. The van der Waals surface area contributed by atoms with Gasteiger partial charge in [0.1, 0.15) is 5.01 Å². The van der Waals surface area contributed by atoms with Gasteiger partial charge in [-0.15, -0.1) is 11.3 Å². The number of rotatable bonds is 7. The zero-order valence-corrected chi connectivity index (χ0v) is 30.6. The number of fused-ring (bicyclic) bond motifs is 2. The molecular weight excluding hydrogens is 687 g/mol. The summed E-state index contributed by atoms with van der Waals surface area (Å²) >= 11 is 1.74. The van der Waals surface area contributed by atoms with E-state index in [2.05, 4.69) is 164 Å². The predicted octanol–water partition coefficient (Wildman–Crippen LogP) is 13.9. The van der Waals surface area contributed by atoms with Crippen LogP contribution in [0.25, 0.3) is 98.8 Å². The third-order valence-corrected chi connectivity index (χ3v) is 11.2. The average Bonchev–Trinajstić information content (AvgIpc) is 3.71. The van der Waals surface area contributed by atoms with Crippen molar-refractivity contribution in [2.24, 2.45) is 0 Å². The zero-order valence-electron chi connectivity index (χ0n) is 29.8. The molecule has 0 saturated heterocycles. The Kier molecular flexibility index (Phi) is 8.36. The summed E-state index contributed by atoms with van der Waals surface area (Å²) in [6, 6.07) is 70.5. The Morgan fingerprint density at radius 1 is 0.345 bits per heavy atom. The molecule has 55 heavy (non-hydrogen) atoms. The van der Waals surface area contributed by atoms with E-state index in [1.807, 2.05) is 36.4 Å². The molecule has 0 aliphatic rings. The molecule has 0 radical (unpaired) electrons. The molecule has 8 aromatic carbocycles. The smallest absolute Gasteiger partial charge is 0.160 e. The van der Waals surface area contributed by atoms with Crippen LogP contribution in [0.2, 0.25) is 0 Å². The molecular formula is C51H33N3S. The first-order valence-corrected chi connectivity index (χ1v) is 19.2. The molecule has 3 nitrogen and oxygen atoms in total. The molecule has 0 atom stereocenters. The molecule has 2 aromatic heterocycles. The van der Waals surface area contributed by atoms with Gasteiger partial charge in [0, 0.05) is 22.3 Å². The van der Waals surface area contributed by atoms with Crippen molar-refractivity contribution in [2.45, 2.75) is 0 Å². The van der Waals surface area contributed by atoms with E-state index >= 15 is 0 Å². The second-order valence-electron chi connectivity index (χ2n) is 13.6. The van der Waals surface area contributed by atoms with Gasteiger partial charge >= 0.3 is 0 Å². The second kappa shape index (κ2) is 14.1. The first-order valence-electron chi connectivity index (χ1n) is 18.4. The van der Waals surface area contributed by atoms with E-state index in [9.17, 15) is 0 Å². The fourth-order valence-electron chi connectivity index (χ4n) is 7.35. The Morgan fingerprint density at radius 3 is 1.58 bits per heavy atom. The van der Waals surface area contributed by atoms with E-state index in [4.69, 9.17) is 15.0 Å².